The Morgan fingerprint density at radius 3 is 1.39 bits per heavy atom. The Balaban J connectivity index is 2.33. The molecule has 0 spiro atoms. The maximum atomic E-state index is 5.96. The summed E-state index contributed by atoms with van der Waals surface area (Å²) in [6.45, 7) is 3.35. The molecule has 0 bridgehead atoms. The lowest BCUT2D eigenvalue weighted by Gasteiger charge is -2.23. The average Bonchev–Trinajstić information content (AvgIpc) is 2.77. The summed E-state index contributed by atoms with van der Waals surface area (Å²) in [5.74, 6) is 1.82. The van der Waals surface area contributed by atoms with Gasteiger partial charge in [0.1, 0.15) is 24.7 Å². The van der Waals surface area contributed by atoms with Crippen molar-refractivity contribution in [1.82, 2.24) is 0 Å². The number of hydrogen-bond acceptors (Lipinski definition) is 2. The molecule has 10 heteroatoms. The molecule has 0 saturated carbocycles. The third-order valence-corrected chi connectivity index (χ3v) is 13.3. The van der Waals surface area contributed by atoms with E-state index in [1.54, 1.807) is 0 Å². The Hall–Kier alpha value is 1.88. The molecule has 0 fully saturated rings. The van der Waals surface area contributed by atoms with Gasteiger partial charge in [0.25, 0.3) is 0 Å². The Bertz CT molecular complexity index is 807. The van der Waals surface area contributed by atoms with Gasteiger partial charge < -0.3 is 9.47 Å². The van der Waals surface area contributed by atoms with E-state index in [0.29, 0.717) is 13.2 Å². The summed E-state index contributed by atoms with van der Waals surface area (Å²) in [6.07, 6.45) is 0.941. The molecule has 0 aromatic heterocycles. The predicted octanol–water partition coefficient (Wildman–Crippen LogP) is 10.4. The quantitative estimate of drug-likeness (QED) is 0.209. The molecule has 2 aromatic rings. The van der Waals surface area contributed by atoms with Crippen LogP contribution >= 0.6 is 127 Å². The SMILES string of the molecule is CCC(c1ccc(OCC(Br)CBr)c(Br)c1Br)c1ccc(OCC(Br)CBr)c(Br)c1Br. The number of hydrogen-bond donors (Lipinski definition) is 0. The molecular weight excluding hydrogens is 923 g/mol. The topological polar surface area (TPSA) is 18.5 Å². The molecule has 0 aliphatic heterocycles. The van der Waals surface area contributed by atoms with E-state index < -0.39 is 0 Å². The van der Waals surface area contributed by atoms with Crippen LogP contribution in [0.5, 0.6) is 11.5 Å². The van der Waals surface area contributed by atoms with Gasteiger partial charge in [-0.3, -0.25) is 0 Å². The first kappa shape index (κ1) is 29.1. The van der Waals surface area contributed by atoms with Gasteiger partial charge in [0.2, 0.25) is 0 Å². The molecule has 172 valence electrons. The first-order valence-corrected chi connectivity index (χ1v) is 16.6. The lowest BCUT2D eigenvalue weighted by Crippen LogP contribution is -2.13. The van der Waals surface area contributed by atoms with Crippen molar-refractivity contribution >= 4 is 127 Å². The van der Waals surface area contributed by atoms with Gasteiger partial charge in [0.15, 0.2) is 0 Å². The fraction of sp³-hybridized carbons (Fsp3) is 0.429. The number of halogens is 8. The van der Waals surface area contributed by atoms with E-state index in [-0.39, 0.29) is 15.6 Å². The van der Waals surface area contributed by atoms with Crippen molar-refractivity contribution in [3.63, 3.8) is 0 Å². The summed E-state index contributed by atoms with van der Waals surface area (Å²) in [5.41, 5.74) is 2.39. The smallest absolute Gasteiger partial charge is 0.134 e. The number of rotatable bonds is 11. The van der Waals surface area contributed by atoms with E-state index >= 15 is 0 Å². The van der Waals surface area contributed by atoms with Crippen LogP contribution in [0.1, 0.15) is 30.4 Å². The van der Waals surface area contributed by atoms with E-state index in [2.05, 4.69) is 146 Å². The second-order valence-corrected chi connectivity index (χ2v) is 13.7. The van der Waals surface area contributed by atoms with Gasteiger partial charge >= 0.3 is 0 Å². The van der Waals surface area contributed by atoms with Gasteiger partial charge in [-0.2, -0.15) is 0 Å². The van der Waals surface area contributed by atoms with Crippen molar-refractivity contribution in [2.75, 3.05) is 23.9 Å². The fourth-order valence-electron chi connectivity index (χ4n) is 2.91. The van der Waals surface area contributed by atoms with Crippen LogP contribution in [-0.2, 0) is 0 Å². The Kier molecular flexibility index (Phi) is 13.6. The van der Waals surface area contributed by atoms with Crippen molar-refractivity contribution < 1.29 is 9.47 Å². The molecule has 2 atom stereocenters. The van der Waals surface area contributed by atoms with Crippen LogP contribution in [0.25, 0.3) is 0 Å². The summed E-state index contributed by atoms with van der Waals surface area (Å²) in [6, 6.07) is 8.31. The first-order valence-electron chi connectivity index (χ1n) is 9.36. The minimum atomic E-state index is 0.192. The lowest BCUT2D eigenvalue weighted by molar-refractivity contribution is 0.323. The molecular formula is C21H20Br8O2. The molecule has 0 amide bonds. The van der Waals surface area contributed by atoms with Crippen LogP contribution in [0.4, 0.5) is 0 Å². The molecule has 0 aliphatic carbocycles. The predicted molar refractivity (Wildman–Crippen MR) is 160 cm³/mol. The third kappa shape index (κ3) is 7.94. The van der Waals surface area contributed by atoms with Crippen LogP contribution < -0.4 is 9.47 Å². The highest BCUT2D eigenvalue weighted by Crippen LogP contribution is 2.45. The van der Waals surface area contributed by atoms with E-state index in [9.17, 15) is 0 Å². The van der Waals surface area contributed by atoms with Gasteiger partial charge in [-0.15, -0.1) is 0 Å². The second-order valence-electron chi connectivity index (χ2n) is 6.65. The maximum Gasteiger partial charge on any atom is 0.134 e. The molecule has 31 heavy (non-hydrogen) atoms. The third-order valence-electron chi connectivity index (χ3n) is 4.49. The standard InChI is InChI=1S/C21H20Br8O2/c1-2-13(14-3-5-16(20(28)18(14)26)30-9-11(24)7-22)15-4-6-17(21(29)19(15)27)31-10-12(25)8-23/h3-6,11-13H,2,7-10H2,1H3. The van der Waals surface area contributed by atoms with E-state index in [1.807, 2.05) is 12.1 Å². The minimum absolute atomic E-state index is 0.192. The van der Waals surface area contributed by atoms with Crippen molar-refractivity contribution in [3.8, 4) is 11.5 Å². The Morgan fingerprint density at radius 2 is 1.06 bits per heavy atom. The van der Waals surface area contributed by atoms with Gasteiger partial charge in [0, 0.05) is 25.5 Å². The van der Waals surface area contributed by atoms with E-state index in [4.69, 9.17) is 9.47 Å². The van der Waals surface area contributed by atoms with Crippen LogP contribution in [0, 0.1) is 0 Å². The summed E-state index contributed by atoms with van der Waals surface area (Å²) >= 11 is 29.1. The van der Waals surface area contributed by atoms with Crippen LogP contribution in [0.3, 0.4) is 0 Å². The zero-order chi connectivity index (χ0) is 23.1. The summed E-state index contributed by atoms with van der Waals surface area (Å²) in [5, 5.41) is 1.66. The van der Waals surface area contributed by atoms with Crippen molar-refractivity contribution in [2.45, 2.75) is 28.9 Å². The molecule has 0 radical (unpaired) electrons. The normalized spacial score (nSPS) is 14.2. The molecule has 0 N–H and O–H groups in total. The Labute approximate surface area is 251 Å². The molecule has 0 aliphatic rings. The van der Waals surface area contributed by atoms with Crippen molar-refractivity contribution in [1.29, 1.82) is 0 Å². The van der Waals surface area contributed by atoms with E-state index in [1.165, 1.54) is 11.1 Å². The molecule has 0 heterocycles. The van der Waals surface area contributed by atoms with Crippen molar-refractivity contribution in [2.24, 2.45) is 0 Å². The summed E-state index contributed by atoms with van der Waals surface area (Å²) in [4.78, 5) is 0.509. The minimum Gasteiger partial charge on any atom is -0.491 e. The van der Waals surface area contributed by atoms with Crippen molar-refractivity contribution in [3.05, 3.63) is 53.3 Å². The van der Waals surface area contributed by atoms with E-state index in [0.717, 1.165) is 46.5 Å². The largest absolute Gasteiger partial charge is 0.491 e. The molecule has 2 nitrogen and oxygen atoms in total. The molecule has 2 unspecified atom stereocenters. The number of alkyl halides is 4. The van der Waals surface area contributed by atoms with Gasteiger partial charge in [-0.25, -0.2) is 0 Å². The molecule has 2 rings (SSSR count). The molecule has 0 saturated heterocycles. The highest BCUT2D eigenvalue weighted by molar-refractivity contribution is 9.13. The number of benzene rings is 2. The first-order chi connectivity index (χ1) is 14.7. The van der Waals surface area contributed by atoms with Crippen LogP contribution in [-0.4, -0.2) is 33.5 Å². The summed E-state index contributed by atoms with van der Waals surface area (Å²) < 4.78 is 15.8. The van der Waals surface area contributed by atoms with Gasteiger partial charge in [-0.05, 0) is 93.4 Å². The average molecular weight is 944 g/mol. The monoisotopic (exact) mass is 935 g/mol. The highest BCUT2D eigenvalue weighted by Gasteiger charge is 2.23. The molecule has 2 aromatic carbocycles. The van der Waals surface area contributed by atoms with Gasteiger partial charge in [0.05, 0.1) is 18.6 Å². The van der Waals surface area contributed by atoms with Crippen LogP contribution in [0.15, 0.2) is 42.2 Å². The van der Waals surface area contributed by atoms with Crippen LogP contribution in [0.2, 0.25) is 0 Å². The zero-order valence-corrected chi connectivity index (χ0v) is 29.1. The number of ether oxygens (including phenoxy) is 2. The Morgan fingerprint density at radius 1 is 0.677 bits per heavy atom. The summed E-state index contributed by atoms with van der Waals surface area (Å²) in [7, 11) is 0. The van der Waals surface area contributed by atoms with Gasteiger partial charge in [-0.1, -0.05) is 82.8 Å². The second kappa shape index (κ2) is 14.4. The highest BCUT2D eigenvalue weighted by atomic mass is 79.9. The maximum absolute atomic E-state index is 5.96. The zero-order valence-electron chi connectivity index (χ0n) is 16.4. The fourth-order valence-corrected chi connectivity index (χ4v) is 5.71. The lowest BCUT2D eigenvalue weighted by atomic mass is 9.89.